The van der Waals surface area contributed by atoms with Crippen LogP contribution in [-0.2, 0) is 10.2 Å². The van der Waals surface area contributed by atoms with Crippen molar-refractivity contribution in [2.45, 2.75) is 18.3 Å². The third kappa shape index (κ3) is 2.13. The predicted octanol–water partition coefficient (Wildman–Crippen LogP) is 3.60. The van der Waals surface area contributed by atoms with Crippen LogP contribution in [0.3, 0.4) is 0 Å². The Labute approximate surface area is 136 Å². The van der Waals surface area contributed by atoms with Crippen LogP contribution in [0.5, 0.6) is 0 Å². The molecular weight excluding hydrogens is 342 g/mol. The van der Waals surface area contributed by atoms with Gasteiger partial charge in [-0.25, -0.2) is 9.66 Å². The summed E-state index contributed by atoms with van der Waals surface area (Å²) >= 11 is 3.43. The molecule has 0 atom stereocenters. The highest BCUT2D eigenvalue weighted by Crippen LogP contribution is 2.48. The number of halogens is 1. The molecule has 0 radical (unpaired) electrons. The number of imidazole rings is 1. The number of aromatic nitrogens is 2. The number of carbonyl (C=O) groups excluding carboxylic acids is 1. The minimum absolute atomic E-state index is 0.0259. The third-order valence-electron chi connectivity index (χ3n) is 4.26. The number of rotatable bonds is 3. The lowest BCUT2D eigenvalue weighted by Crippen LogP contribution is -2.33. The molecule has 1 aromatic heterocycles. The maximum Gasteiger partial charge on any atom is 0.249 e. The second kappa shape index (κ2) is 4.95. The summed E-state index contributed by atoms with van der Waals surface area (Å²) in [4.78, 5) is 17.1. The highest BCUT2D eigenvalue weighted by Gasteiger charge is 2.51. The summed E-state index contributed by atoms with van der Waals surface area (Å²) in [5.41, 5.74) is 5.43. The number of carbonyl (C=O) groups is 1. The standard InChI is InChI=1S/C17H14BrN3O/c18-13-7-5-12(6-8-13)17(9-10-17)16(22)20-21-11-19-14-3-1-2-4-15(14)21/h1-8,11H,9-10H2,(H,20,22). The van der Waals surface area contributed by atoms with Crippen LogP contribution in [0.15, 0.2) is 59.3 Å². The second-order valence-electron chi connectivity index (χ2n) is 5.63. The van der Waals surface area contributed by atoms with Gasteiger partial charge in [0.15, 0.2) is 0 Å². The van der Waals surface area contributed by atoms with Crippen molar-refractivity contribution in [3.63, 3.8) is 0 Å². The summed E-state index contributed by atoms with van der Waals surface area (Å²) in [6.45, 7) is 0. The Morgan fingerprint density at radius 3 is 2.59 bits per heavy atom. The number of nitrogens with one attached hydrogen (secondary N) is 1. The largest absolute Gasteiger partial charge is 0.272 e. The fraction of sp³-hybridized carbons (Fsp3) is 0.176. The quantitative estimate of drug-likeness (QED) is 0.780. The van der Waals surface area contributed by atoms with Crippen LogP contribution >= 0.6 is 15.9 Å². The Kier molecular flexibility index (Phi) is 3.04. The Balaban J connectivity index is 1.63. The first kappa shape index (κ1) is 13.5. The van der Waals surface area contributed by atoms with Crippen LogP contribution in [0.1, 0.15) is 18.4 Å². The van der Waals surface area contributed by atoms with Crippen molar-refractivity contribution < 1.29 is 4.79 Å². The smallest absolute Gasteiger partial charge is 0.249 e. The van der Waals surface area contributed by atoms with E-state index in [0.717, 1.165) is 33.9 Å². The van der Waals surface area contributed by atoms with Crippen LogP contribution in [0.25, 0.3) is 11.0 Å². The van der Waals surface area contributed by atoms with E-state index in [2.05, 4.69) is 26.3 Å². The molecular formula is C17H14BrN3O. The van der Waals surface area contributed by atoms with E-state index in [-0.39, 0.29) is 5.91 Å². The molecule has 22 heavy (non-hydrogen) atoms. The molecule has 1 aliphatic rings. The summed E-state index contributed by atoms with van der Waals surface area (Å²) in [5, 5.41) is 0. The molecule has 1 fully saturated rings. The molecule has 0 spiro atoms. The van der Waals surface area contributed by atoms with Crippen molar-refractivity contribution in [3.05, 3.63) is 64.9 Å². The zero-order valence-corrected chi connectivity index (χ0v) is 13.4. The van der Waals surface area contributed by atoms with Crippen molar-refractivity contribution in [3.8, 4) is 0 Å². The van der Waals surface area contributed by atoms with Crippen molar-refractivity contribution in [2.24, 2.45) is 0 Å². The van der Waals surface area contributed by atoms with Gasteiger partial charge in [0.25, 0.3) is 0 Å². The minimum Gasteiger partial charge on any atom is -0.272 e. The van der Waals surface area contributed by atoms with Gasteiger partial charge in [-0.05, 0) is 42.7 Å². The fourth-order valence-electron chi connectivity index (χ4n) is 2.81. The van der Waals surface area contributed by atoms with E-state index in [1.165, 1.54) is 0 Å². The summed E-state index contributed by atoms with van der Waals surface area (Å²) in [7, 11) is 0. The average Bonchev–Trinajstić information content (AvgIpc) is 3.26. The van der Waals surface area contributed by atoms with Gasteiger partial charge in [-0.2, -0.15) is 0 Å². The molecule has 1 amide bonds. The molecule has 1 heterocycles. The first-order chi connectivity index (χ1) is 10.7. The molecule has 0 saturated heterocycles. The fourth-order valence-corrected chi connectivity index (χ4v) is 3.07. The number of para-hydroxylation sites is 2. The number of benzene rings is 2. The zero-order valence-electron chi connectivity index (χ0n) is 11.8. The minimum atomic E-state index is -0.397. The van der Waals surface area contributed by atoms with Gasteiger partial charge >= 0.3 is 0 Å². The molecule has 4 rings (SSSR count). The van der Waals surface area contributed by atoms with E-state index in [1.54, 1.807) is 11.0 Å². The lowest BCUT2D eigenvalue weighted by molar-refractivity contribution is -0.119. The summed E-state index contributed by atoms with van der Waals surface area (Å²) < 4.78 is 2.73. The normalized spacial score (nSPS) is 15.7. The topological polar surface area (TPSA) is 46.9 Å². The van der Waals surface area contributed by atoms with Crippen LogP contribution in [-0.4, -0.2) is 15.6 Å². The van der Waals surface area contributed by atoms with Gasteiger partial charge in [0, 0.05) is 4.47 Å². The Hall–Kier alpha value is -2.14. The summed E-state index contributed by atoms with van der Waals surface area (Å²) in [5.74, 6) is 0.0259. The van der Waals surface area contributed by atoms with Gasteiger partial charge in [-0.3, -0.25) is 10.2 Å². The van der Waals surface area contributed by atoms with Gasteiger partial charge < -0.3 is 0 Å². The van der Waals surface area contributed by atoms with Crippen molar-refractivity contribution >= 4 is 32.9 Å². The molecule has 0 bridgehead atoms. The Bertz CT molecular complexity index is 850. The number of hydrogen-bond acceptors (Lipinski definition) is 2. The highest BCUT2D eigenvalue weighted by molar-refractivity contribution is 9.10. The lowest BCUT2D eigenvalue weighted by Gasteiger charge is -2.16. The lowest BCUT2D eigenvalue weighted by atomic mass is 9.95. The van der Waals surface area contributed by atoms with Crippen molar-refractivity contribution in [2.75, 3.05) is 5.43 Å². The maximum atomic E-state index is 12.8. The molecule has 1 saturated carbocycles. The average molecular weight is 356 g/mol. The molecule has 2 aromatic carbocycles. The molecule has 0 aliphatic heterocycles. The first-order valence-electron chi connectivity index (χ1n) is 7.19. The zero-order chi connectivity index (χ0) is 15.2. The number of amides is 1. The molecule has 4 nitrogen and oxygen atoms in total. The SMILES string of the molecule is O=C(Nn1cnc2ccccc21)C1(c2ccc(Br)cc2)CC1. The molecule has 3 aromatic rings. The monoisotopic (exact) mass is 355 g/mol. The van der Waals surface area contributed by atoms with Crippen LogP contribution in [0, 0.1) is 0 Å². The van der Waals surface area contributed by atoms with Gasteiger partial charge in [-0.1, -0.05) is 40.2 Å². The van der Waals surface area contributed by atoms with E-state index in [4.69, 9.17) is 0 Å². The van der Waals surface area contributed by atoms with E-state index in [9.17, 15) is 4.79 Å². The highest BCUT2D eigenvalue weighted by atomic mass is 79.9. The molecule has 1 N–H and O–H groups in total. The Morgan fingerprint density at radius 2 is 1.86 bits per heavy atom. The van der Waals surface area contributed by atoms with Crippen molar-refractivity contribution in [1.29, 1.82) is 0 Å². The van der Waals surface area contributed by atoms with Crippen molar-refractivity contribution in [1.82, 2.24) is 9.66 Å². The third-order valence-corrected chi connectivity index (χ3v) is 4.79. The molecule has 1 aliphatic carbocycles. The predicted molar refractivity (Wildman–Crippen MR) is 89.2 cm³/mol. The van der Waals surface area contributed by atoms with Gasteiger partial charge in [0.05, 0.1) is 16.4 Å². The van der Waals surface area contributed by atoms with Gasteiger partial charge in [0.1, 0.15) is 6.33 Å². The van der Waals surface area contributed by atoms with Crippen LogP contribution in [0.2, 0.25) is 0 Å². The molecule has 5 heteroatoms. The second-order valence-corrected chi connectivity index (χ2v) is 6.55. The van der Waals surface area contributed by atoms with Crippen LogP contribution in [0.4, 0.5) is 0 Å². The number of hydrogen-bond donors (Lipinski definition) is 1. The van der Waals surface area contributed by atoms with Crippen LogP contribution < -0.4 is 5.43 Å². The Morgan fingerprint density at radius 1 is 1.14 bits per heavy atom. The first-order valence-corrected chi connectivity index (χ1v) is 7.98. The summed E-state index contributed by atoms with van der Waals surface area (Å²) in [6, 6.07) is 15.7. The van der Waals surface area contributed by atoms with Gasteiger partial charge in [0.2, 0.25) is 5.91 Å². The maximum absolute atomic E-state index is 12.8. The van der Waals surface area contributed by atoms with E-state index < -0.39 is 5.41 Å². The molecule has 0 unspecified atom stereocenters. The summed E-state index contributed by atoms with van der Waals surface area (Å²) in [6.07, 6.45) is 3.42. The van der Waals surface area contributed by atoms with E-state index in [1.807, 2.05) is 48.5 Å². The number of fused-ring (bicyclic) bond motifs is 1. The van der Waals surface area contributed by atoms with E-state index >= 15 is 0 Å². The number of nitrogens with zero attached hydrogens (tertiary/aromatic N) is 2. The van der Waals surface area contributed by atoms with E-state index in [0.29, 0.717) is 0 Å². The molecule has 110 valence electrons. The van der Waals surface area contributed by atoms with Gasteiger partial charge in [-0.15, -0.1) is 0 Å².